The normalized spacial score (nSPS) is 14.7. The van der Waals surface area contributed by atoms with Gasteiger partial charge in [-0.3, -0.25) is 0 Å². The Balaban J connectivity index is 2.97. The van der Waals surface area contributed by atoms with Crippen molar-refractivity contribution in [3.63, 3.8) is 0 Å². The highest BCUT2D eigenvalue weighted by Gasteiger charge is 2.19. The molecule has 11 heavy (non-hydrogen) atoms. The Bertz CT molecular complexity index is 314. The van der Waals surface area contributed by atoms with Crippen molar-refractivity contribution in [2.45, 2.75) is 12.2 Å². The lowest BCUT2D eigenvalue weighted by Gasteiger charge is -2.03. The maximum Gasteiger partial charge on any atom is 0.219 e. The molecule has 0 saturated heterocycles. The lowest BCUT2D eigenvalue weighted by atomic mass is 10.4. The highest BCUT2D eigenvalue weighted by atomic mass is 32.2. The van der Waals surface area contributed by atoms with Crippen LogP contribution in [0.2, 0.25) is 0 Å². The minimum Gasteiger partial charge on any atom is -0.468 e. The van der Waals surface area contributed by atoms with E-state index in [2.05, 4.69) is 0 Å². The minimum atomic E-state index is -3.52. The van der Waals surface area contributed by atoms with Crippen LogP contribution in [-0.2, 0) is 10.0 Å². The molecule has 0 aliphatic heterocycles. The first kappa shape index (κ1) is 8.29. The predicted octanol–water partition coefficient (Wildman–Crippen LogP) is 0.629. The Morgan fingerprint density at radius 3 is 2.64 bits per heavy atom. The van der Waals surface area contributed by atoms with Crippen LogP contribution in [0.1, 0.15) is 17.9 Å². The topological polar surface area (TPSA) is 73.3 Å². The molecule has 0 spiro atoms. The van der Waals surface area contributed by atoms with Crippen LogP contribution in [0.25, 0.3) is 0 Å². The quantitative estimate of drug-likeness (QED) is 0.716. The molecule has 0 aromatic carbocycles. The Kier molecular flexibility index (Phi) is 2.01. The summed E-state index contributed by atoms with van der Waals surface area (Å²) in [5.74, 6) is 0.368. The highest BCUT2D eigenvalue weighted by molar-refractivity contribution is 7.89. The number of sulfonamides is 1. The van der Waals surface area contributed by atoms with Crippen molar-refractivity contribution < 1.29 is 12.8 Å². The molecular formula is C6H9NO3S. The Labute approximate surface area is 65.1 Å². The van der Waals surface area contributed by atoms with Gasteiger partial charge >= 0.3 is 0 Å². The van der Waals surface area contributed by atoms with E-state index in [1.54, 1.807) is 12.1 Å². The van der Waals surface area contributed by atoms with Crippen molar-refractivity contribution in [3.05, 3.63) is 24.2 Å². The number of furan rings is 1. The summed E-state index contributed by atoms with van der Waals surface area (Å²) in [6.45, 7) is 1.48. The fourth-order valence-corrected chi connectivity index (χ4v) is 1.14. The standard InChI is InChI=1S/C6H9NO3S/c1-5(11(7,8)9)6-3-2-4-10-6/h2-5H,1H3,(H2,7,8,9). The van der Waals surface area contributed by atoms with E-state index in [1.165, 1.54) is 13.2 Å². The molecule has 1 heterocycles. The molecule has 1 aromatic rings. The van der Waals surface area contributed by atoms with E-state index in [9.17, 15) is 8.42 Å². The van der Waals surface area contributed by atoms with Gasteiger partial charge in [-0.05, 0) is 19.1 Å². The molecule has 0 radical (unpaired) electrons. The van der Waals surface area contributed by atoms with Gasteiger partial charge in [0.05, 0.1) is 6.26 Å². The molecule has 62 valence electrons. The lowest BCUT2D eigenvalue weighted by Crippen LogP contribution is -2.18. The average Bonchev–Trinajstić information content (AvgIpc) is 2.34. The second kappa shape index (κ2) is 2.67. The molecule has 0 aliphatic carbocycles. The number of primary sulfonamides is 1. The van der Waals surface area contributed by atoms with Crippen LogP contribution in [0, 0.1) is 0 Å². The molecule has 0 bridgehead atoms. The maximum absolute atomic E-state index is 10.7. The molecule has 5 heteroatoms. The smallest absolute Gasteiger partial charge is 0.219 e. The summed E-state index contributed by atoms with van der Waals surface area (Å²) in [5, 5.41) is 4.12. The molecule has 0 aliphatic rings. The Morgan fingerprint density at radius 1 is 1.64 bits per heavy atom. The molecule has 1 atom stereocenters. The largest absolute Gasteiger partial charge is 0.468 e. The fraction of sp³-hybridized carbons (Fsp3) is 0.333. The monoisotopic (exact) mass is 175 g/mol. The molecule has 0 fully saturated rings. The van der Waals surface area contributed by atoms with Gasteiger partial charge in [0.15, 0.2) is 0 Å². The van der Waals surface area contributed by atoms with Gasteiger partial charge in [-0.2, -0.15) is 0 Å². The van der Waals surface area contributed by atoms with Gasteiger partial charge in [-0.25, -0.2) is 13.6 Å². The number of hydrogen-bond acceptors (Lipinski definition) is 3. The van der Waals surface area contributed by atoms with Crippen LogP contribution in [-0.4, -0.2) is 8.42 Å². The third kappa shape index (κ3) is 1.81. The van der Waals surface area contributed by atoms with Crippen molar-refractivity contribution in [3.8, 4) is 0 Å². The first-order chi connectivity index (χ1) is 5.02. The van der Waals surface area contributed by atoms with E-state index in [1.807, 2.05) is 0 Å². The Morgan fingerprint density at radius 2 is 2.27 bits per heavy atom. The van der Waals surface area contributed by atoms with Gasteiger partial charge in [0, 0.05) is 0 Å². The zero-order valence-electron chi connectivity index (χ0n) is 6.02. The third-order valence-electron chi connectivity index (χ3n) is 1.44. The fourth-order valence-electron chi connectivity index (χ4n) is 0.684. The second-order valence-corrected chi connectivity index (χ2v) is 4.13. The summed E-state index contributed by atoms with van der Waals surface area (Å²) in [6.07, 6.45) is 1.41. The Hall–Kier alpha value is -0.810. The number of nitrogens with two attached hydrogens (primary N) is 1. The molecule has 2 N–H and O–H groups in total. The summed E-state index contributed by atoms with van der Waals surface area (Å²) in [4.78, 5) is 0. The highest BCUT2D eigenvalue weighted by Crippen LogP contribution is 2.18. The molecular weight excluding hydrogens is 166 g/mol. The first-order valence-corrected chi connectivity index (χ1v) is 4.68. The third-order valence-corrected chi connectivity index (χ3v) is 2.65. The predicted molar refractivity (Wildman–Crippen MR) is 40.2 cm³/mol. The summed E-state index contributed by atoms with van der Waals surface area (Å²) in [5.41, 5.74) is 0. The van der Waals surface area contributed by atoms with Gasteiger partial charge in [0.1, 0.15) is 11.0 Å². The summed E-state index contributed by atoms with van der Waals surface area (Å²) in [7, 11) is -3.52. The molecule has 0 amide bonds. The molecule has 1 unspecified atom stereocenters. The van der Waals surface area contributed by atoms with Crippen molar-refractivity contribution in [2.24, 2.45) is 5.14 Å². The van der Waals surface area contributed by atoms with Gasteiger partial charge in [0.2, 0.25) is 10.0 Å². The number of hydrogen-bond donors (Lipinski definition) is 1. The van der Waals surface area contributed by atoms with Gasteiger partial charge in [0.25, 0.3) is 0 Å². The van der Waals surface area contributed by atoms with E-state index in [0.29, 0.717) is 5.76 Å². The maximum atomic E-state index is 10.7. The van der Waals surface area contributed by atoms with E-state index < -0.39 is 15.3 Å². The molecule has 1 rings (SSSR count). The van der Waals surface area contributed by atoms with E-state index in [4.69, 9.17) is 9.56 Å². The van der Waals surface area contributed by atoms with Crippen LogP contribution in [0.5, 0.6) is 0 Å². The van der Waals surface area contributed by atoms with Crippen molar-refractivity contribution >= 4 is 10.0 Å². The first-order valence-electron chi connectivity index (χ1n) is 3.07. The van der Waals surface area contributed by atoms with Crippen LogP contribution >= 0.6 is 0 Å². The van der Waals surface area contributed by atoms with Crippen LogP contribution in [0.3, 0.4) is 0 Å². The van der Waals surface area contributed by atoms with Crippen LogP contribution in [0.15, 0.2) is 22.8 Å². The van der Waals surface area contributed by atoms with E-state index in [-0.39, 0.29) is 0 Å². The zero-order chi connectivity index (χ0) is 8.48. The van der Waals surface area contributed by atoms with E-state index >= 15 is 0 Å². The summed E-state index contributed by atoms with van der Waals surface area (Å²) < 4.78 is 26.4. The van der Waals surface area contributed by atoms with Crippen molar-refractivity contribution in [2.75, 3.05) is 0 Å². The lowest BCUT2D eigenvalue weighted by molar-refractivity contribution is 0.499. The summed E-state index contributed by atoms with van der Waals surface area (Å²) >= 11 is 0. The molecule has 0 saturated carbocycles. The molecule has 1 aromatic heterocycles. The minimum absolute atomic E-state index is 0.368. The van der Waals surface area contributed by atoms with E-state index in [0.717, 1.165) is 0 Å². The van der Waals surface area contributed by atoms with Crippen LogP contribution < -0.4 is 5.14 Å². The van der Waals surface area contributed by atoms with Gasteiger partial charge < -0.3 is 4.42 Å². The number of rotatable bonds is 2. The summed E-state index contributed by atoms with van der Waals surface area (Å²) in [6, 6.07) is 3.20. The van der Waals surface area contributed by atoms with Gasteiger partial charge in [-0.1, -0.05) is 0 Å². The molecule has 4 nitrogen and oxygen atoms in total. The van der Waals surface area contributed by atoms with Crippen LogP contribution in [0.4, 0.5) is 0 Å². The van der Waals surface area contributed by atoms with Crippen molar-refractivity contribution in [1.29, 1.82) is 0 Å². The van der Waals surface area contributed by atoms with Gasteiger partial charge in [-0.15, -0.1) is 0 Å². The average molecular weight is 175 g/mol. The SMILES string of the molecule is CC(c1ccco1)S(N)(=O)=O. The zero-order valence-corrected chi connectivity index (χ0v) is 6.84. The second-order valence-electron chi connectivity index (χ2n) is 2.25. The van der Waals surface area contributed by atoms with Crippen molar-refractivity contribution in [1.82, 2.24) is 0 Å².